The first-order valence-corrected chi connectivity index (χ1v) is 7.78. The predicted molar refractivity (Wildman–Crippen MR) is 81.0 cm³/mol. The highest BCUT2D eigenvalue weighted by Gasteiger charge is 2.24. The molecule has 1 aliphatic heterocycles. The zero-order chi connectivity index (χ0) is 15.0. The molecule has 1 saturated heterocycles. The smallest absolute Gasteiger partial charge is 0.0897 e. The Morgan fingerprint density at radius 1 is 1.35 bits per heavy atom. The summed E-state index contributed by atoms with van der Waals surface area (Å²) in [5.41, 5.74) is 0. The molecular formula is C15H32N2O3. The van der Waals surface area contributed by atoms with Crippen LogP contribution in [0.5, 0.6) is 0 Å². The van der Waals surface area contributed by atoms with Crippen LogP contribution in [0.25, 0.3) is 0 Å². The molecule has 20 heavy (non-hydrogen) atoms. The highest BCUT2D eigenvalue weighted by molar-refractivity contribution is 4.82. The normalized spacial score (nSPS) is 26.1. The van der Waals surface area contributed by atoms with Gasteiger partial charge in [0.2, 0.25) is 0 Å². The molecular weight excluding hydrogens is 256 g/mol. The molecule has 5 heteroatoms. The first-order chi connectivity index (χ1) is 9.49. The lowest BCUT2D eigenvalue weighted by molar-refractivity contribution is -0.0113. The molecule has 0 aliphatic carbocycles. The molecule has 5 nitrogen and oxygen atoms in total. The van der Waals surface area contributed by atoms with E-state index in [9.17, 15) is 5.11 Å². The molecule has 0 amide bonds. The van der Waals surface area contributed by atoms with Gasteiger partial charge < -0.3 is 24.8 Å². The van der Waals surface area contributed by atoms with E-state index in [1.54, 1.807) is 0 Å². The second-order valence-electron chi connectivity index (χ2n) is 6.19. The third kappa shape index (κ3) is 7.55. The molecule has 1 aliphatic rings. The molecule has 0 spiro atoms. The Bertz CT molecular complexity index is 251. The van der Waals surface area contributed by atoms with Crippen LogP contribution < -0.4 is 5.32 Å². The maximum absolute atomic E-state index is 9.89. The summed E-state index contributed by atoms with van der Waals surface area (Å²) in [5, 5.41) is 13.4. The number of nitrogens with zero attached hydrogens (tertiary/aromatic N) is 1. The summed E-state index contributed by atoms with van der Waals surface area (Å²) in [7, 11) is 2.16. The number of nitrogens with one attached hydrogen (secondary N) is 1. The molecule has 0 saturated carbocycles. The van der Waals surface area contributed by atoms with Crippen LogP contribution in [-0.2, 0) is 9.47 Å². The van der Waals surface area contributed by atoms with Crippen molar-refractivity contribution in [3.05, 3.63) is 0 Å². The van der Waals surface area contributed by atoms with E-state index in [1.165, 1.54) is 0 Å². The van der Waals surface area contributed by atoms with Crippen molar-refractivity contribution in [1.82, 2.24) is 10.2 Å². The molecule has 1 rings (SSSR count). The van der Waals surface area contributed by atoms with Gasteiger partial charge in [0, 0.05) is 19.1 Å². The van der Waals surface area contributed by atoms with E-state index in [1.807, 2.05) is 13.8 Å². The maximum Gasteiger partial charge on any atom is 0.0897 e. The summed E-state index contributed by atoms with van der Waals surface area (Å²) in [6.07, 6.45) is 0.935. The minimum absolute atomic E-state index is 0.233. The summed E-state index contributed by atoms with van der Waals surface area (Å²) in [5.74, 6) is 0.626. The molecule has 0 radical (unpaired) electrons. The van der Waals surface area contributed by atoms with Crippen LogP contribution in [0.4, 0.5) is 0 Å². The van der Waals surface area contributed by atoms with E-state index in [0.717, 1.165) is 19.5 Å². The Hall–Kier alpha value is -0.200. The van der Waals surface area contributed by atoms with E-state index in [0.29, 0.717) is 38.3 Å². The lowest BCUT2D eigenvalue weighted by Gasteiger charge is -2.35. The minimum Gasteiger partial charge on any atom is -0.389 e. The van der Waals surface area contributed by atoms with Crippen molar-refractivity contribution in [2.45, 2.75) is 45.4 Å². The highest BCUT2D eigenvalue weighted by Crippen LogP contribution is 2.15. The fraction of sp³-hybridized carbons (Fsp3) is 1.00. The summed E-state index contributed by atoms with van der Waals surface area (Å²) >= 11 is 0. The summed E-state index contributed by atoms with van der Waals surface area (Å²) in [4.78, 5) is 2.36. The van der Waals surface area contributed by atoms with Crippen LogP contribution in [0, 0.1) is 5.92 Å². The van der Waals surface area contributed by atoms with Crippen LogP contribution in [0.2, 0.25) is 0 Å². The zero-order valence-corrected chi connectivity index (χ0v) is 13.5. The Morgan fingerprint density at radius 2 is 2.10 bits per heavy atom. The molecule has 3 unspecified atom stereocenters. The molecule has 3 atom stereocenters. The molecule has 1 heterocycles. The molecule has 0 aromatic rings. The monoisotopic (exact) mass is 288 g/mol. The number of hydrogen-bond donors (Lipinski definition) is 2. The van der Waals surface area contributed by atoms with Gasteiger partial charge in [0.05, 0.1) is 32.0 Å². The Labute approximate surface area is 123 Å². The van der Waals surface area contributed by atoms with Crippen LogP contribution in [0.3, 0.4) is 0 Å². The second kappa shape index (κ2) is 9.68. The van der Waals surface area contributed by atoms with E-state index >= 15 is 0 Å². The van der Waals surface area contributed by atoms with Crippen molar-refractivity contribution in [3.8, 4) is 0 Å². The molecule has 1 fully saturated rings. The summed E-state index contributed by atoms with van der Waals surface area (Å²) < 4.78 is 10.8. The van der Waals surface area contributed by atoms with Crippen LogP contribution in [-0.4, -0.2) is 74.8 Å². The summed E-state index contributed by atoms with van der Waals surface area (Å²) in [6, 6.07) is 0.505. The third-order valence-electron chi connectivity index (χ3n) is 3.71. The Balaban J connectivity index is 2.03. The minimum atomic E-state index is -0.444. The van der Waals surface area contributed by atoms with Crippen molar-refractivity contribution in [2.24, 2.45) is 5.92 Å². The lowest BCUT2D eigenvalue weighted by atomic mass is 9.94. The summed E-state index contributed by atoms with van der Waals surface area (Å²) in [6.45, 7) is 10.6. The van der Waals surface area contributed by atoms with Crippen molar-refractivity contribution in [1.29, 1.82) is 0 Å². The average Bonchev–Trinajstić information content (AvgIpc) is 2.37. The predicted octanol–water partition coefficient (Wildman–Crippen LogP) is 0.719. The fourth-order valence-corrected chi connectivity index (χ4v) is 2.57. The van der Waals surface area contributed by atoms with Crippen molar-refractivity contribution in [3.63, 3.8) is 0 Å². The fourth-order valence-electron chi connectivity index (χ4n) is 2.57. The van der Waals surface area contributed by atoms with Gasteiger partial charge in [-0.25, -0.2) is 0 Å². The number of hydrogen-bond acceptors (Lipinski definition) is 5. The Kier molecular flexibility index (Phi) is 8.64. The third-order valence-corrected chi connectivity index (χ3v) is 3.71. The van der Waals surface area contributed by atoms with E-state index in [-0.39, 0.29) is 6.10 Å². The average molecular weight is 288 g/mol. The standard InChI is InChI=1S/C15H32N2O3/c1-12(2)20-8-7-19-11-14(18)9-16-15-5-6-17(4)10-13(15)3/h12-16,18H,5-11H2,1-4H3. The molecule has 120 valence electrons. The van der Waals surface area contributed by atoms with Crippen molar-refractivity contribution >= 4 is 0 Å². The van der Waals surface area contributed by atoms with E-state index in [4.69, 9.17) is 9.47 Å². The van der Waals surface area contributed by atoms with Crippen molar-refractivity contribution in [2.75, 3.05) is 46.5 Å². The topological polar surface area (TPSA) is 54.0 Å². The lowest BCUT2D eigenvalue weighted by Crippen LogP contribution is -2.49. The quantitative estimate of drug-likeness (QED) is 0.612. The number of ether oxygens (including phenoxy) is 2. The second-order valence-corrected chi connectivity index (χ2v) is 6.19. The number of rotatable bonds is 9. The largest absolute Gasteiger partial charge is 0.389 e. The van der Waals surface area contributed by atoms with Crippen LogP contribution in [0.1, 0.15) is 27.2 Å². The van der Waals surface area contributed by atoms with Crippen molar-refractivity contribution < 1.29 is 14.6 Å². The highest BCUT2D eigenvalue weighted by atomic mass is 16.5. The van der Waals surface area contributed by atoms with E-state index < -0.39 is 6.10 Å². The van der Waals surface area contributed by atoms with Gasteiger partial charge in [-0.15, -0.1) is 0 Å². The molecule has 0 aromatic carbocycles. The number of likely N-dealkylation sites (tertiary alicyclic amines) is 1. The van der Waals surface area contributed by atoms with Gasteiger partial charge in [0.15, 0.2) is 0 Å². The first kappa shape index (κ1) is 17.9. The van der Waals surface area contributed by atoms with Gasteiger partial charge in [-0.1, -0.05) is 6.92 Å². The van der Waals surface area contributed by atoms with Crippen LogP contribution >= 0.6 is 0 Å². The number of piperidine rings is 1. The van der Waals surface area contributed by atoms with Gasteiger partial charge in [-0.2, -0.15) is 0 Å². The maximum atomic E-state index is 9.89. The SMILES string of the molecule is CC(C)OCCOCC(O)CNC1CCN(C)CC1C. The Morgan fingerprint density at radius 3 is 2.75 bits per heavy atom. The van der Waals surface area contributed by atoms with E-state index in [2.05, 4.69) is 24.2 Å². The molecule has 2 N–H and O–H groups in total. The van der Waals surface area contributed by atoms with Gasteiger partial charge in [-0.3, -0.25) is 0 Å². The zero-order valence-electron chi connectivity index (χ0n) is 13.5. The number of aliphatic hydroxyl groups excluding tert-OH is 1. The van der Waals surface area contributed by atoms with Gasteiger partial charge >= 0.3 is 0 Å². The molecule has 0 bridgehead atoms. The first-order valence-electron chi connectivity index (χ1n) is 7.78. The van der Waals surface area contributed by atoms with Crippen LogP contribution in [0.15, 0.2) is 0 Å². The van der Waals surface area contributed by atoms with Gasteiger partial charge in [0.1, 0.15) is 0 Å². The number of aliphatic hydroxyl groups is 1. The van der Waals surface area contributed by atoms with Gasteiger partial charge in [-0.05, 0) is 39.8 Å². The molecule has 0 aromatic heterocycles. The van der Waals surface area contributed by atoms with Gasteiger partial charge in [0.25, 0.3) is 0 Å².